The first-order chi connectivity index (χ1) is 18.4. The summed E-state index contributed by atoms with van der Waals surface area (Å²) >= 11 is 0. The number of methoxy groups -OCH3 is 2. The number of nitrogens with one attached hydrogen (secondary N) is 2. The van der Waals surface area contributed by atoms with Gasteiger partial charge in [0.1, 0.15) is 0 Å². The molecule has 0 spiro atoms. The molecule has 4 rings (SSSR count). The predicted octanol–water partition coefficient (Wildman–Crippen LogP) is 5.76. The Hall–Kier alpha value is -4.17. The fourth-order valence-electron chi connectivity index (χ4n) is 4.45. The molecule has 0 radical (unpaired) electrons. The Bertz CT molecular complexity index is 1450. The number of carbonyl (C=O) groups excluding carboxylic acids is 1. The van der Waals surface area contributed by atoms with E-state index in [-0.39, 0.29) is 5.91 Å². The number of rotatable bonds is 10. The van der Waals surface area contributed by atoms with Crippen LogP contribution in [0.25, 0.3) is 22.0 Å². The maximum Gasteiger partial charge on any atom is 0.255 e. The monoisotopic (exact) mass is 513 g/mol. The molecule has 0 unspecified atom stereocenters. The Morgan fingerprint density at radius 1 is 0.974 bits per heavy atom. The molecule has 0 atom stereocenters. The fraction of sp³-hybridized carbons (Fsp3) is 0.300. The second-order valence-electron chi connectivity index (χ2n) is 9.03. The van der Waals surface area contributed by atoms with Crippen LogP contribution in [0.15, 0.2) is 54.7 Å². The summed E-state index contributed by atoms with van der Waals surface area (Å²) in [5.41, 5.74) is 6.13. The van der Waals surface area contributed by atoms with Crippen LogP contribution in [0.4, 0.5) is 11.6 Å². The number of benzene rings is 3. The minimum absolute atomic E-state index is 0.193. The van der Waals surface area contributed by atoms with Crippen molar-refractivity contribution < 1.29 is 14.3 Å². The topological polar surface area (TPSA) is 88.6 Å². The van der Waals surface area contributed by atoms with Crippen molar-refractivity contribution in [3.05, 3.63) is 71.4 Å². The molecule has 0 fully saturated rings. The molecule has 1 heterocycles. The third-order valence-electron chi connectivity index (χ3n) is 6.76. The summed E-state index contributed by atoms with van der Waals surface area (Å²) in [6.45, 7) is 8.75. The van der Waals surface area contributed by atoms with Crippen molar-refractivity contribution in [2.45, 2.75) is 27.3 Å². The maximum atomic E-state index is 13.5. The summed E-state index contributed by atoms with van der Waals surface area (Å²) in [6.07, 6.45) is 1.80. The highest BCUT2D eigenvalue weighted by molar-refractivity contribution is 6.05. The smallest absolute Gasteiger partial charge is 0.255 e. The Morgan fingerprint density at radius 3 is 2.39 bits per heavy atom. The summed E-state index contributed by atoms with van der Waals surface area (Å²) < 4.78 is 11.0. The van der Waals surface area contributed by atoms with Gasteiger partial charge in [-0.3, -0.25) is 9.69 Å². The van der Waals surface area contributed by atoms with Gasteiger partial charge in [0.15, 0.2) is 11.5 Å². The standard InChI is InChI=1S/C30H35N5O3/c1-7-35(8-2)18-23-15-27(37-5)28(38-6)16-26(23)33-29(36)21-10-9-19(3)24(14-21)20-11-12-25-22(13-20)17-32-30(31-4)34-25/h9-17H,7-8,18H2,1-6H3,(H,33,36)(H,31,32,34). The van der Waals surface area contributed by atoms with Gasteiger partial charge >= 0.3 is 0 Å². The number of hydrogen-bond acceptors (Lipinski definition) is 7. The minimum atomic E-state index is -0.193. The van der Waals surface area contributed by atoms with Gasteiger partial charge in [0.2, 0.25) is 5.95 Å². The number of nitrogens with zero attached hydrogens (tertiary/aromatic N) is 3. The van der Waals surface area contributed by atoms with E-state index in [2.05, 4.69) is 45.4 Å². The molecule has 1 aromatic heterocycles. The lowest BCUT2D eigenvalue weighted by atomic mass is 9.96. The van der Waals surface area contributed by atoms with E-state index in [0.717, 1.165) is 46.2 Å². The van der Waals surface area contributed by atoms with Crippen LogP contribution < -0.4 is 20.1 Å². The Kier molecular flexibility index (Phi) is 8.43. The van der Waals surface area contributed by atoms with Gasteiger partial charge in [0.05, 0.1) is 19.7 Å². The number of hydrogen-bond donors (Lipinski definition) is 2. The molecular weight excluding hydrogens is 478 g/mol. The molecule has 3 aromatic carbocycles. The molecular formula is C30H35N5O3. The van der Waals surface area contributed by atoms with Crippen molar-refractivity contribution >= 4 is 28.4 Å². The van der Waals surface area contributed by atoms with Crippen LogP contribution >= 0.6 is 0 Å². The fourth-order valence-corrected chi connectivity index (χ4v) is 4.45. The van der Waals surface area contributed by atoms with Crippen molar-refractivity contribution in [2.75, 3.05) is 45.0 Å². The Balaban J connectivity index is 1.68. The van der Waals surface area contributed by atoms with Gasteiger partial charge in [0.25, 0.3) is 5.91 Å². The van der Waals surface area contributed by atoms with Gasteiger partial charge in [-0.25, -0.2) is 9.97 Å². The predicted molar refractivity (Wildman–Crippen MR) is 153 cm³/mol. The highest BCUT2D eigenvalue weighted by Crippen LogP contribution is 2.35. The van der Waals surface area contributed by atoms with E-state index < -0.39 is 0 Å². The quantitative estimate of drug-likeness (QED) is 0.279. The highest BCUT2D eigenvalue weighted by Gasteiger charge is 2.17. The van der Waals surface area contributed by atoms with E-state index in [1.807, 2.05) is 49.4 Å². The first kappa shape index (κ1) is 26.9. The Labute approximate surface area is 224 Å². The van der Waals surface area contributed by atoms with E-state index in [4.69, 9.17) is 9.47 Å². The van der Waals surface area contributed by atoms with Gasteiger partial charge < -0.3 is 20.1 Å². The zero-order valence-corrected chi connectivity index (χ0v) is 22.9. The summed E-state index contributed by atoms with van der Waals surface area (Å²) in [5, 5.41) is 7.02. The molecule has 0 aliphatic heterocycles. The second-order valence-corrected chi connectivity index (χ2v) is 9.03. The average Bonchev–Trinajstić information content (AvgIpc) is 2.95. The van der Waals surface area contributed by atoms with Crippen LogP contribution in [0.5, 0.6) is 11.5 Å². The summed E-state index contributed by atoms with van der Waals surface area (Å²) in [7, 11) is 5.00. The number of aryl methyl sites for hydroxylation is 1. The number of ether oxygens (including phenoxy) is 2. The molecule has 0 aliphatic carbocycles. The summed E-state index contributed by atoms with van der Waals surface area (Å²) in [5.74, 6) is 1.58. The summed E-state index contributed by atoms with van der Waals surface area (Å²) in [4.78, 5) is 24.6. The van der Waals surface area contributed by atoms with Crippen LogP contribution in [-0.2, 0) is 6.54 Å². The van der Waals surface area contributed by atoms with Gasteiger partial charge in [-0.1, -0.05) is 26.0 Å². The lowest BCUT2D eigenvalue weighted by Crippen LogP contribution is -2.23. The first-order valence-corrected chi connectivity index (χ1v) is 12.7. The molecule has 0 aliphatic rings. The molecule has 0 saturated heterocycles. The molecule has 8 nitrogen and oxygen atoms in total. The third-order valence-corrected chi connectivity index (χ3v) is 6.76. The molecule has 8 heteroatoms. The lowest BCUT2D eigenvalue weighted by molar-refractivity contribution is 0.102. The zero-order valence-electron chi connectivity index (χ0n) is 22.9. The van der Waals surface area contributed by atoms with Crippen LogP contribution in [0, 0.1) is 6.92 Å². The Morgan fingerprint density at radius 2 is 1.71 bits per heavy atom. The van der Waals surface area contributed by atoms with Crippen molar-refractivity contribution in [1.29, 1.82) is 0 Å². The first-order valence-electron chi connectivity index (χ1n) is 12.7. The molecule has 38 heavy (non-hydrogen) atoms. The van der Waals surface area contributed by atoms with E-state index in [0.29, 0.717) is 35.2 Å². The van der Waals surface area contributed by atoms with Crippen molar-refractivity contribution in [2.24, 2.45) is 0 Å². The van der Waals surface area contributed by atoms with E-state index in [9.17, 15) is 4.79 Å². The number of aromatic nitrogens is 2. The molecule has 198 valence electrons. The molecule has 4 aromatic rings. The van der Waals surface area contributed by atoms with Crippen LogP contribution in [0.2, 0.25) is 0 Å². The molecule has 2 N–H and O–H groups in total. The van der Waals surface area contributed by atoms with Crippen molar-refractivity contribution in [3.63, 3.8) is 0 Å². The third kappa shape index (κ3) is 5.70. The van der Waals surface area contributed by atoms with Gasteiger partial charge in [-0.2, -0.15) is 0 Å². The van der Waals surface area contributed by atoms with Crippen molar-refractivity contribution in [3.8, 4) is 22.6 Å². The normalized spacial score (nSPS) is 11.0. The van der Waals surface area contributed by atoms with Gasteiger partial charge in [-0.15, -0.1) is 0 Å². The molecule has 1 amide bonds. The van der Waals surface area contributed by atoms with Crippen molar-refractivity contribution in [1.82, 2.24) is 14.9 Å². The SMILES string of the molecule is CCN(CC)Cc1cc(OC)c(OC)cc1NC(=O)c1ccc(C)c(-c2ccc3nc(NC)ncc3c2)c1. The van der Waals surface area contributed by atoms with Crippen LogP contribution in [0.3, 0.4) is 0 Å². The van der Waals surface area contributed by atoms with Crippen LogP contribution in [0.1, 0.15) is 35.3 Å². The largest absolute Gasteiger partial charge is 0.493 e. The molecule has 0 bridgehead atoms. The number of carbonyl (C=O) groups is 1. The van der Waals surface area contributed by atoms with E-state index >= 15 is 0 Å². The summed E-state index contributed by atoms with van der Waals surface area (Å²) in [6, 6.07) is 15.6. The second kappa shape index (κ2) is 11.9. The number of amides is 1. The number of anilines is 2. The minimum Gasteiger partial charge on any atom is -0.493 e. The lowest BCUT2D eigenvalue weighted by Gasteiger charge is -2.22. The average molecular weight is 514 g/mol. The zero-order chi connectivity index (χ0) is 27.2. The maximum absolute atomic E-state index is 13.5. The van der Waals surface area contributed by atoms with Crippen LogP contribution in [-0.4, -0.2) is 55.1 Å². The van der Waals surface area contributed by atoms with Gasteiger partial charge in [0, 0.05) is 42.5 Å². The number of fused-ring (bicyclic) bond motifs is 1. The highest BCUT2D eigenvalue weighted by atomic mass is 16.5. The van der Waals surface area contributed by atoms with E-state index in [1.165, 1.54) is 0 Å². The van der Waals surface area contributed by atoms with Gasteiger partial charge in [-0.05, 0) is 72.6 Å². The van der Waals surface area contributed by atoms with E-state index in [1.54, 1.807) is 27.5 Å². The molecule has 0 saturated carbocycles.